The monoisotopic (exact) mass is 298 g/mol. The van der Waals surface area contributed by atoms with Gasteiger partial charge in [0.15, 0.2) is 0 Å². The number of hydrogen-bond donors (Lipinski definition) is 1. The molecule has 2 rings (SSSR count). The lowest BCUT2D eigenvalue weighted by atomic mass is 10.3. The number of ether oxygens (including phenoxy) is 1. The van der Waals surface area contributed by atoms with E-state index in [1.807, 2.05) is 30.5 Å². The molecule has 1 aromatic carbocycles. The van der Waals surface area contributed by atoms with Gasteiger partial charge in [-0.1, -0.05) is 15.9 Å². The van der Waals surface area contributed by atoms with Gasteiger partial charge >= 0.3 is 0 Å². The maximum Gasteiger partial charge on any atom is 0.142 e. The van der Waals surface area contributed by atoms with Crippen LogP contribution >= 0.6 is 27.3 Å². The second kappa shape index (κ2) is 4.84. The number of thiazole rings is 1. The van der Waals surface area contributed by atoms with Gasteiger partial charge in [-0.15, -0.1) is 11.3 Å². The minimum absolute atomic E-state index is 0.455. The van der Waals surface area contributed by atoms with Crippen LogP contribution in [0.4, 0.5) is 5.69 Å². The number of aromatic nitrogens is 1. The predicted octanol–water partition coefficient (Wildman–Crippen LogP) is 3.38. The van der Waals surface area contributed by atoms with Crippen molar-refractivity contribution in [1.29, 1.82) is 0 Å². The highest BCUT2D eigenvalue weighted by molar-refractivity contribution is 9.10. The second-order valence-corrected chi connectivity index (χ2v) is 5.31. The molecule has 2 aromatic rings. The van der Waals surface area contributed by atoms with Gasteiger partial charge in [0.25, 0.3) is 0 Å². The van der Waals surface area contributed by atoms with Gasteiger partial charge in [0.1, 0.15) is 12.4 Å². The molecule has 5 heteroatoms. The van der Waals surface area contributed by atoms with Gasteiger partial charge in [-0.3, -0.25) is 0 Å². The maximum absolute atomic E-state index is 5.82. The first-order valence-electron chi connectivity index (χ1n) is 4.74. The highest BCUT2D eigenvalue weighted by Gasteiger charge is 2.03. The normalized spacial score (nSPS) is 10.4. The molecule has 0 aliphatic heterocycles. The molecule has 1 heterocycles. The number of nitrogens with zero attached hydrogens (tertiary/aromatic N) is 1. The summed E-state index contributed by atoms with van der Waals surface area (Å²) in [5, 5.41) is 3.03. The molecule has 0 saturated carbocycles. The van der Waals surface area contributed by atoms with Crippen molar-refractivity contribution in [3.63, 3.8) is 0 Å². The first-order valence-corrected chi connectivity index (χ1v) is 6.41. The van der Waals surface area contributed by atoms with Gasteiger partial charge in [-0.2, -0.15) is 0 Å². The molecule has 16 heavy (non-hydrogen) atoms. The quantitative estimate of drug-likeness (QED) is 0.884. The molecule has 0 atom stereocenters. The molecular weight excluding hydrogens is 288 g/mol. The van der Waals surface area contributed by atoms with Crippen molar-refractivity contribution in [2.24, 2.45) is 0 Å². The summed E-state index contributed by atoms with van der Waals surface area (Å²) in [6.07, 6.45) is 0. The minimum Gasteiger partial charge on any atom is -0.485 e. The van der Waals surface area contributed by atoms with Gasteiger partial charge < -0.3 is 10.5 Å². The maximum atomic E-state index is 5.82. The molecule has 0 aliphatic rings. The van der Waals surface area contributed by atoms with Crippen LogP contribution in [0.5, 0.6) is 5.75 Å². The topological polar surface area (TPSA) is 48.1 Å². The molecule has 2 N–H and O–H groups in total. The van der Waals surface area contributed by atoms with E-state index >= 15 is 0 Å². The number of anilines is 1. The van der Waals surface area contributed by atoms with Crippen LogP contribution in [-0.4, -0.2) is 4.98 Å². The standard InChI is InChI=1S/C11H11BrN2OS/c1-7-14-9(6-16-7)5-15-11-3-2-8(12)4-10(11)13/h2-4,6H,5,13H2,1H3. The molecule has 0 saturated heterocycles. The van der Waals surface area contributed by atoms with Crippen molar-refractivity contribution in [2.45, 2.75) is 13.5 Å². The highest BCUT2D eigenvalue weighted by Crippen LogP contribution is 2.26. The molecular formula is C11H11BrN2OS. The van der Waals surface area contributed by atoms with E-state index in [0.29, 0.717) is 18.0 Å². The largest absolute Gasteiger partial charge is 0.485 e. The Morgan fingerprint density at radius 2 is 2.31 bits per heavy atom. The Morgan fingerprint density at radius 3 is 2.94 bits per heavy atom. The molecule has 0 amide bonds. The summed E-state index contributed by atoms with van der Waals surface area (Å²) in [4.78, 5) is 4.32. The average molecular weight is 299 g/mol. The third kappa shape index (κ3) is 2.74. The Bertz CT molecular complexity index is 498. The van der Waals surface area contributed by atoms with Crippen molar-refractivity contribution < 1.29 is 4.74 Å². The zero-order valence-corrected chi connectivity index (χ0v) is 11.1. The van der Waals surface area contributed by atoms with Crippen molar-refractivity contribution in [2.75, 3.05) is 5.73 Å². The lowest BCUT2D eigenvalue weighted by Gasteiger charge is -2.07. The van der Waals surface area contributed by atoms with Crippen LogP contribution in [0, 0.1) is 6.92 Å². The van der Waals surface area contributed by atoms with Crippen LogP contribution in [0.1, 0.15) is 10.7 Å². The van der Waals surface area contributed by atoms with Crippen LogP contribution in [-0.2, 0) is 6.61 Å². The van der Waals surface area contributed by atoms with E-state index in [0.717, 1.165) is 15.2 Å². The van der Waals surface area contributed by atoms with Crippen LogP contribution in [0.3, 0.4) is 0 Å². The minimum atomic E-state index is 0.455. The molecule has 0 bridgehead atoms. The van der Waals surface area contributed by atoms with E-state index < -0.39 is 0 Å². The van der Waals surface area contributed by atoms with Gasteiger partial charge in [-0.25, -0.2) is 4.98 Å². The molecule has 84 valence electrons. The smallest absolute Gasteiger partial charge is 0.142 e. The van der Waals surface area contributed by atoms with E-state index in [-0.39, 0.29) is 0 Å². The Morgan fingerprint density at radius 1 is 1.50 bits per heavy atom. The lowest BCUT2D eigenvalue weighted by Crippen LogP contribution is -1.99. The summed E-state index contributed by atoms with van der Waals surface area (Å²) in [5.41, 5.74) is 7.38. The zero-order chi connectivity index (χ0) is 11.5. The van der Waals surface area contributed by atoms with Gasteiger partial charge in [-0.05, 0) is 25.1 Å². The summed E-state index contributed by atoms with van der Waals surface area (Å²) >= 11 is 4.97. The van der Waals surface area contributed by atoms with E-state index in [4.69, 9.17) is 10.5 Å². The van der Waals surface area contributed by atoms with Crippen molar-refractivity contribution in [1.82, 2.24) is 4.98 Å². The van der Waals surface area contributed by atoms with Crippen LogP contribution in [0.25, 0.3) is 0 Å². The third-order valence-corrected chi connectivity index (χ3v) is 3.33. The molecule has 0 aliphatic carbocycles. The summed E-state index contributed by atoms with van der Waals surface area (Å²) < 4.78 is 6.54. The Hall–Kier alpha value is -1.07. The van der Waals surface area contributed by atoms with E-state index in [2.05, 4.69) is 20.9 Å². The Balaban J connectivity index is 2.04. The average Bonchev–Trinajstić information content (AvgIpc) is 2.63. The van der Waals surface area contributed by atoms with Gasteiger partial charge in [0, 0.05) is 9.85 Å². The SMILES string of the molecule is Cc1nc(COc2ccc(Br)cc2N)cs1. The Labute approximate surface area is 106 Å². The first-order chi connectivity index (χ1) is 7.65. The lowest BCUT2D eigenvalue weighted by molar-refractivity contribution is 0.303. The second-order valence-electron chi connectivity index (χ2n) is 3.33. The van der Waals surface area contributed by atoms with E-state index in [1.165, 1.54) is 0 Å². The van der Waals surface area contributed by atoms with Crippen molar-refractivity contribution in [3.8, 4) is 5.75 Å². The summed E-state index contributed by atoms with van der Waals surface area (Å²) in [6, 6.07) is 5.57. The molecule has 0 spiro atoms. The van der Waals surface area contributed by atoms with Crippen molar-refractivity contribution >= 4 is 33.0 Å². The number of nitrogen functional groups attached to an aromatic ring is 1. The van der Waals surface area contributed by atoms with Crippen LogP contribution in [0.15, 0.2) is 28.1 Å². The third-order valence-electron chi connectivity index (χ3n) is 2.01. The number of rotatable bonds is 3. The predicted molar refractivity (Wildman–Crippen MR) is 69.7 cm³/mol. The van der Waals surface area contributed by atoms with Gasteiger partial charge in [0.05, 0.1) is 16.4 Å². The highest BCUT2D eigenvalue weighted by atomic mass is 79.9. The summed E-state index contributed by atoms with van der Waals surface area (Å²) in [7, 11) is 0. The number of nitrogens with two attached hydrogens (primary N) is 1. The molecule has 3 nitrogen and oxygen atoms in total. The number of aryl methyl sites for hydroxylation is 1. The first kappa shape index (κ1) is 11.4. The Kier molecular flexibility index (Phi) is 3.46. The molecule has 0 radical (unpaired) electrons. The number of halogens is 1. The zero-order valence-electron chi connectivity index (χ0n) is 8.74. The fourth-order valence-corrected chi connectivity index (χ4v) is 2.25. The van der Waals surface area contributed by atoms with E-state index in [9.17, 15) is 0 Å². The summed E-state index contributed by atoms with van der Waals surface area (Å²) in [5.74, 6) is 0.689. The molecule has 0 unspecified atom stereocenters. The van der Waals surface area contributed by atoms with Crippen LogP contribution < -0.4 is 10.5 Å². The van der Waals surface area contributed by atoms with Crippen LogP contribution in [0.2, 0.25) is 0 Å². The number of hydrogen-bond acceptors (Lipinski definition) is 4. The molecule has 0 fully saturated rings. The molecule has 1 aromatic heterocycles. The van der Waals surface area contributed by atoms with E-state index in [1.54, 1.807) is 11.3 Å². The summed E-state index contributed by atoms with van der Waals surface area (Å²) in [6.45, 7) is 2.43. The number of benzene rings is 1. The van der Waals surface area contributed by atoms with Crippen molar-refractivity contribution in [3.05, 3.63) is 38.8 Å². The fraction of sp³-hybridized carbons (Fsp3) is 0.182. The van der Waals surface area contributed by atoms with Gasteiger partial charge in [0.2, 0.25) is 0 Å². The fourth-order valence-electron chi connectivity index (χ4n) is 1.28.